The average molecular weight is 425 g/mol. The molecular formula is C21H23N5O5. The highest BCUT2D eigenvalue weighted by atomic mass is 16.6. The Balaban J connectivity index is 1.31. The summed E-state index contributed by atoms with van der Waals surface area (Å²) in [6.07, 6.45) is 4.77. The molecule has 0 radical (unpaired) electrons. The number of anilines is 1. The fourth-order valence-corrected chi connectivity index (χ4v) is 3.43. The molecular weight excluding hydrogens is 402 g/mol. The van der Waals surface area contributed by atoms with Crippen LogP contribution in [0.1, 0.15) is 18.7 Å². The minimum Gasteiger partial charge on any atom is -0.497 e. The molecule has 2 aromatic heterocycles. The van der Waals surface area contributed by atoms with Gasteiger partial charge < -0.3 is 23.6 Å². The highest BCUT2D eigenvalue weighted by molar-refractivity contribution is 5.72. The zero-order valence-corrected chi connectivity index (χ0v) is 17.4. The van der Waals surface area contributed by atoms with E-state index in [0.29, 0.717) is 54.8 Å². The number of methoxy groups -OCH3 is 2. The summed E-state index contributed by atoms with van der Waals surface area (Å²) in [5.41, 5.74) is 0.653. The van der Waals surface area contributed by atoms with Crippen LogP contribution in [0.15, 0.2) is 41.2 Å². The molecule has 1 saturated heterocycles. The molecule has 0 amide bonds. The van der Waals surface area contributed by atoms with Crippen molar-refractivity contribution in [3.63, 3.8) is 0 Å². The van der Waals surface area contributed by atoms with Gasteiger partial charge in [0.05, 0.1) is 25.7 Å². The third-order valence-electron chi connectivity index (χ3n) is 5.12. The standard InChI is InChI=1S/C21H23N5O5/c1-28-15-4-5-16(17(12-15)29-2)19-24-18(31-25-19)13-30-20(27)14-6-10-26(11-7-14)21-22-8-3-9-23-21/h3-5,8-9,12,14H,6-7,10-11,13H2,1-2H3. The first-order valence-corrected chi connectivity index (χ1v) is 9.91. The Morgan fingerprint density at radius 2 is 1.94 bits per heavy atom. The van der Waals surface area contributed by atoms with E-state index in [1.807, 2.05) is 0 Å². The maximum absolute atomic E-state index is 12.5. The summed E-state index contributed by atoms with van der Waals surface area (Å²) in [7, 11) is 3.13. The zero-order chi connectivity index (χ0) is 21.6. The molecule has 0 spiro atoms. The number of piperidine rings is 1. The largest absolute Gasteiger partial charge is 0.497 e. The van der Waals surface area contributed by atoms with Gasteiger partial charge in [0.1, 0.15) is 11.5 Å². The molecule has 1 aliphatic heterocycles. The lowest BCUT2D eigenvalue weighted by molar-refractivity contribution is -0.151. The second-order valence-corrected chi connectivity index (χ2v) is 7.00. The summed E-state index contributed by atoms with van der Waals surface area (Å²) in [5, 5.41) is 3.97. The molecule has 0 saturated carbocycles. The van der Waals surface area contributed by atoms with Crippen LogP contribution in [0.2, 0.25) is 0 Å². The maximum Gasteiger partial charge on any atom is 0.309 e. The molecule has 1 aliphatic rings. The first kappa shape index (κ1) is 20.6. The van der Waals surface area contributed by atoms with Crippen molar-refractivity contribution in [2.75, 3.05) is 32.2 Å². The highest BCUT2D eigenvalue weighted by Crippen LogP contribution is 2.31. The summed E-state index contributed by atoms with van der Waals surface area (Å²) in [6, 6.07) is 7.07. The van der Waals surface area contributed by atoms with Crippen LogP contribution in [0.3, 0.4) is 0 Å². The van der Waals surface area contributed by atoms with Gasteiger partial charge in [-0.1, -0.05) is 5.16 Å². The van der Waals surface area contributed by atoms with E-state index in [2.05, 4.69) is 25.0 Å². The molecule has 0 aliphatic carbocycles. The van der Waals surface area contributed by atoms with E-state index in [1.54, 1.807) is 50.9 Å². The van der Waals surface area contributed by atoms with E-state index in [1.165, 1.54) is 0 Å². The van der Waals surface area contributed by atoms with Gasteiger partial charge in [-0.2, -0.15) is 4.98 Å². The van der Waals surface area contributed by atoms with Crippen molar-refractivity contribution in [2.24, 2.45) is 5.92 Å². The predicted octanol–water partition coefficient (Wildman–Crippen LogP) is 2.50. The fourth-order valence-electron chi connectivity index (χ4n) is 3.43. The zero-order valence-electron chi connectivity index (χ0n) is 17.4. The minimum absolute atomic E-state index is 0.0771. The molecule has 1 aromatic carbocycles. The van der Waals surface area contributed by atoms with Crippen molar-refractivity contribution in [1.82, 2.24) is 20.1 Å². The Labute approximate surface area is 179 Å². The molecule has 10 heteroatoms. The van der Waals surface area contributed by atoms with Crippen LogP contribution in [-0.4, -0.2) is 53.4 Å². The van der Waals surface area contributed by atoms with E-state index in [9.17, 15) is 4.79 Å². The smallest absolute Gasteiger partial charge is 0.309 e. The first-order valence-electron chi connectivity index (χ1n) is 9.91. The molecule has 0 N–H and O–H groups in total. The van der Waals surface area contributed by atoms with Crippen LogP contribution < -0.4 is 14.4 Å². The number of ether oxygens (including phenoxy) is 3. The van der Waals surface area contributed by atoms with Crippen LogP contribution in [0.25, 0.3) is 11.4 Å². The molecule has 1 fully saturated rings. The number of carbonyl (C=O) groups is 1. The molecule has 0 bridgehead atoms. The van der Waals surface area contributed by atoms with E-state index < -0.39 is 0 Å². The molecule has 3 heterocycles. The van der Waals surface area contributed by atoms with Gasteiger partial charge >= 0.3 is 5.97 Å². The van der Waals surface area contributed by atoms with Gasteiger partial charge in [-0.25, -0.2) is 9.97 Å². The Morgan fingerprint density at radius 1 is 1.16 bits per heavy atom. The maximum atomic E-state index is 12.5. The molecule has 3 aromatic rings. The van der Waals surface area contributed by atoms with Crippen molar-refractivity contribution in [2.45, 2.75) is 19.4 Å². The average Bonchev–Trinajstić information content (AvgIpc) is 3.31. The lowest BCUT2D eigenvalue weighted by Crippen LogP contribution is -2.37. The number of nitrogens with zero attached hydrogens (tertiary/aromatic N) is 5. The van der Waals surface area contributed by atoms with Crippen LogP contribution in [-0.2, 0) is 16.1 Å². The van der Waals surface area contributed by atoms with Gasteiger partial charge in [-0.05, 0) is 31.0 Å². The van der Waals surface area contributed by atoms with Gasteiger partial charge in [-0.3, -0.25) is 4.79 Å². The van der Waals surface area contributed by atoms with E-state index >= 15 is 0 Å². The predicted molar refractivity (Wildman–Crippen MR) is 110 cm³/mol. The van der Waals surface area contributed by atoms with Gasteiger partial charge in [0.15, 0.2) is 6.61 Å². The van der Waals surface area contributed by atoms with Gasteiger partial charge in [0.2, 0.25) is 11.8 Å². The monoisotopic (exact) mass is 425 g/mol. The molecule has 10 nitrogen and oxygen atoms in total. The SMILES string of the molecule is COc1ccc(-c2noc(COC(=O)C3CCN(c4ncccn4)CC3)n2)c(OC)c1. The van der Waals surface area contributed by atoms with Crippen LogP contribution in [0.5, 0.6) is 11.5 Å². The van der Waals surface area contributed by atoms with Gasteiger partial charge in [0.25, 0.3) is 5.89 Å². The number of hydrogen-bond acceptors (Lipinski definition) is 10. The van der Waals surface area contributed by atoms with Crippen molar-refractivity contribution < 1.29 is 23.5 Å². The minimum atomic E-state index is -0.268. The molecule has 162 valence electrons. The van der Waals surface area contributed by atoms with Crippen molar-refractivity contribution in [1.29, 1.82) is 0 Å². The van der Waals surface area contributed by atoms with Crippen LogP contribution in [0, 0.1) is 5.92 Å². The van der Waals surface area contributed by atoms with Gasteiger partial charge in [-0.15, -0.1) is 0 Å². The number of aromatic nitrogens is 4. The summed E-state index contributed by atoms with van der Waals surface area (Å²) in [6.45, 7) is 1.32. The fraction of sp³-hybridized carbons (Fsp3) is 0.381. The summed E-state index contributed by atoms with van der Waals surface area (Å²) >= 11 is 0. The highest BCUT2D eigenvalue weighted by Gasteiger charge is 2.27. The normalized spacial score (nSPS) is 14.3. The Hall–Kier alpha value is -3.69. The lowest BCUT2D eigenvalue weighted by Gasteiger charge is -2.30. The second kappa shape index (κ2) is 9.41. The van der Waals surface area contributed by atoms with Crippen LogP contribution >= 0.6 is 0 Å². The summed E-state index contributed by atoms with van der Waals surface area (Å²) in [5.74, 6) is 2.01. The topological polar surface area (TPSA) is 113 Å². The molecule has 0 atom stereocenters. The van der Waals surface area contributed by atoms with E-state index in [-0.39, 0.29) is 24.4 Å². The number of carbonyl (C=O) groups excluding carboxylic acids is 1. The van der Waals surface area contributed by atoms with Crippen LogP contribution in [0.4, 0.5) is 5.95 Å². The van der Waals surface area contributed by atoms with Crippen molar-refractivity contribution in [3.8, 4) is 22.9 Å². The second-order valence-electron chi connectivity index (χ2n) is 7.00. The quantitative estimate of drug-likeness (QED) is 0.523. The summed E-state index contributed by atoms with van der Waals surface area (Å²) in [4.78, 5) is 27.4. The number of rotatable bonds is 7. The third-order valence-corrected chi connectivity index (χ3v) is 5.12. The van der Waals surface area contributed by atoms with E-state index in [4.69, 9.17) is 18.7 Å². The number of benzene rings is 1. The number of esters is 1. The number of hydrogen-bond donors (Lipinski definition) is 0. The first-order chi connectivity index (χ1) is 15.2. The molecule has 4 rings (SSSR count). The molecule has 0 unspecified atom stereocenters. The van der Waals surface area contributed by atoms with E-state index in [0.717, 1.165) is 0 Å². The van der Waals surface area contributed by atoms with Crippen molar-refractivity contribution in [3.05, 3.63) is 42.5 Å². The molecule has 31 heavy (non-hydrogen) atoms. The Bertz CT molecular complexity index is 1020. The summed E-state index contributed by atoms with van der Waals surface area (Å²) < 4.78 is 21.2. The van der Waals surface area contributed by atoms with Gasteiger partial charge in [0, 0.05) is 31.5 Å². The van der Waals surface area contributed by atoms with Crippen molar-refractivity contribution >= 4 is 11.9 Å². The third kappa shape index (κ3) is 4.73. The Kier molecular flexibility index (Phi) is 6.25. The Morgan fingerprint density at radius 3 is 2.65 bits per heavy atom. The lowest BCUT2D eigenvalue weighted by atomic mass is 9.97.